The molecule has 2 aromatic carbocycles. The van der Waals surface area contributed by atoms with Crippen molar-refractivity contribution in [1.82, 2.24) is 0 Å². The van der Waals surface area contributed by atoms with Crippen molar-refractivity contribution in [2.24, 2.45) is 0 Å². The summed E-state index contributed by atoms with van der Waals surface area (Å²) in [5, 5.41) is 6.34. The van der Waals surface area contributed by atoms with E-state index >= 15 is 0 Å². The minimum atomic E-state index is -5.93. The summed E-state index contributed by atoms with van der Waals surface area (Å²) in [4.78, 5) is 34.9. The molecule has 0 fully saturated rings. The fourth-order valence-electron chi connectivity index (χ4n) is 2.22. The second-order valence-corrected chi connectivity index (χ2v) is 9.94. The molecule has 10 nitrogen and oxygen atoms in total. The highest BCUT2D eigenvalue weighted by Crippen LogP contribution is 2.30. The van der Waals surface area contributed by atoms with E-state index in [4.69, 9.17) is 9.29 Å². The first-order chi connectivity index (χ1) is 14.6. The Hall–Kier alpha value is -1.99. The number of esters is 2. The fourth-order valence-corrected chi connectivity index (χ4v) is 3.73. The van der Waals surface area contributed by atoms with Crippen molar-refractivity contribution in [2.75, 3.05) is 0 Å². The van der Waals surface area contributed by atoms with Gasteiger partial charge >= 0.3 is 27.3 Å². The van der Waals surface area contributed by atoms with Crippen LogP contribution in [0.5, 0.6) is 5.75 Å². The van der Waals surface area contributed by atoms with Crippen molar-refractivity contribution < 1.29 is 45.7 Å². The summed E-state index contributed by atoms with van der Waals surface area (Å²) >= 11 is 3.85. The summed E-state index contributed by atoms with van der Waals surface area (Å²) < 4.78 is 68.2. The summed E-state index contributed by atoms with van der Waals surface area (Å²) in [5.41, 5.74) is -1.59. The molecule has 2 rings (SSSR count). The largest absolute Gasteiger partial charge is 0.451 e. The maximum absolute atomic E-state index is 13.6. The molecule has 0 saturated carbocycles. The van der Waals surface area contributed by atoms with Crippen LogP contribution < -0.4 is 4.74 Å². The molecule has 0 heterocycles. The molecule has 0 bridgehead atoms. The Morgan fingerprint density at radius 2 is 1.75 bits per heavy atom. The molecule has 0 spiro atoms. The zero-order valence-corrected chi connectivity index (χ0v) is 20.8. The Bertz CT molecular complexity index is 1200. The lowest BCUT2D eigenvalue weighted by molar-refractivity contribution is -0.385. The predicted molar refractivity (Wildman–Crippen MR) is 121 cm³/mol. The zero-order chi connectivity index (χ0) is 24.4. The Kier molecular flexibility index (Phi) is 8.10. The highest BCUT2D eigenvalue weighted by atomic mass is 127. The van der Waals surface area contributed by atoms with Gasteiger partial charge in [-0.25, -0.2) is 9.59 Å². The van der Waals surface area contributed by atoms with Gasteiger partial charge in [0, 0.05) is 19.3 Å². The van der Waals surface area contributed by atoms with Crippen LogP contribution in [0.15, 0.2) is 36.4 Å². The van der Waals surface area contributed by atoms with E-state index in [2.05, 4.69) is 4.74 Å². The Morgan fingerprint density at radius 1 is 1.12 bits per heavy atom. The van der Waals surface area contributed by atoms with Gasteiger partial charge in [0.05, 0.1) is 10.5 Å². The van der Waals surface area contributed by atoms with Crippen LogP contribution in [0.1, 0.15) is 27.6 Å². The Morgan fingerprint density at radius 3 is 2.31 bits per heavy atom. The first-order valence-electron chi connectivity index (χ1n) is 8.16. The van der Waals surface area contributed by atoms with E-state index < -0.39 is 49.6 Å². The Labute approximate surface area is 206 Å². The van der Waals surface area contributed by atoms with E-state index in [-0.39, 0.29) is 11.3 Å². The van der Waals surface area contributed by atoms with E-state index in [0.29, 0.717) is 10.5 Å². The van der Waals surface area contributed by atoms with Gasteiger partial charge in [-0.15, -0.1) is 0 Å². The molecule has 15 heteroatoms. The standard InChI is InChI=1S/C17H11F2I2NO9S/c1-8(17(18,19)32(27,28)29)30-16(24)12-7-10(3-5-14(12)22(25)26)31-15(23)11-6-9(20)2-4-13(11)21/h2-8H,1H3,(H,27,28,29). The molecule has 2 aromatic rings. The lowest BCUT2D eigenvalue weighted by Gasteiger charge is -2.20. The van der Waals surface area contributed by atoms with E-state index in [1.54, 1.807) is 12.1 Å². The molecule has 0 saturated heterocycles. The first kappa shape index (κ1) is 26.3. The SMILES string of the molecule is CC(OC(=O)c1cc(OC(=O)c2cc(I)ccc2I)ccc1[N+](=O)[O-])C(F)(F)S(=O)(=O)O. The minimum Gasteiger partial charge on any atom is -0.451 e. The second kappa shape index (κ2) is 9.87. The first-order valence-corrected chi connectivity index (χ1v) is 11.8. The monoisotopic (exact) mass is 697 g/mol. The molecule has 1 N–H and O–H groups in total. The van der Waals surface area contributed by atoms with Gasteiger partial charge in [0.25, 0.3) is 5.69 Å². The molecule has 1 unspecified atom stereocenters. The molecular weight excluding hydrogens is 686 g/mol. The minimum absolute atomic E-state index is 0.168. The van der Waals surface area contributed by atoms with Crippen LogP contribution in [0.2, 0.25) is 0 Å². The van der Waals surface area contributed by atoms with E-state index in [1.165, 1.54) is 6.07 Å². The highest BCUT2D eigenvalue weighted by Gasteiger charge is 2.52. The zero-order valence-electron chi connectivity index (χ0n) is 15.6. The van der Waals surface area contributed by atoms with Crippen LogP contribution in [0.4, 0.5) is 14.5 Å². The van der Waals surface area contributed by atoms with Gasteiger partial charge in [-0.2, -0.15) is 17.2 Å². The quantitative estimate of drug-likeness (QED) is 0.113. The molecule has 1 atom stereocenters. The molecule has 32 heavy (non-hydrogen) atoms. The van der Waals surface area contributed by atoms with Gasteiger partial charge in [-0.05, 0) is 76.4 Å². The van der Waals surface area contributed by atoms with E-state index in [0.717, 1.165) is 21.8 Å². The number of benzene rings is 2. The second-order valence-electron chi connectivity index (χ2n) is 6.03. The van der Waals surface area contributed by atoms with E-state index in [1.807, 2.05) is 45.2 Å². The number of hydrogen-bond acceptors (Lipinski definition) is 8. The lowest BCUT2D eigenvalue weighted by atomic mass is 10.1. The number of carbonyl (C=O) groups is 2. The molecule has 0 aliphatic rings. The molecule has 0 aliphatic carbocycles. The number of halogens is 4. The molecular formula is C17H11F2I2NO9S. The number of nitrogens with zero attached hydrogens (tertiary/aromatic N) is 1. The van der Waals surface area contributed by atoms with Gasteiger partial charge in [0.15, 0.2) is 6.10 Å². The van der Waals surface area contributed by atoms with Crippen molar-refractivity contribution in [2.45, 2.75) is 18.3 Å². The van der Waals surface area contributed by atoms with Gasteiger partial charge in [0.2, 0.25) is 0 Å². The van der Waals surface area contributed by atoms with Gasteiger partial charge in [0.1, 0.15) is 11.3 Å². The summed E-state index contributed by atoms with van der Waals surface area (Å²) in [6, 6.07) is 7.41. The van der Waals surface area contributed by atoms with Crippen molar-refractivity contribution in [3.63, 3.8) is 0 Å². The van der Waals surface area contributed by atoms with Crippen LogP contribution in [0.3, 0.4) is 0 Å². The molecule has 0 amide bonds. The summed E-state index contributed by atoms with van der Waals surface area (Å²) in [7, 11) is -5.93. The summed E-state index contributed by atoms with van der Waals surface area (Å²) in [5.74, 6) is -2.89. The number of rotatable bonds is 7. The number of hydrogen-bond donors (Lipinski definition) is 1. The Balaban J connectivity index is 2.37. The molecule has 0 radical (unpaired) electrons. The maximum atomic E-state index is 13.6. The van der Waals surface area contributed by atoms with Gasteiger partial charge in [-0.3, -0.25) is 14.7 Å². The summed E-state index contributed by atoms with van der Waals surface area (Å²) in [6.45, 7) is 0.473. The fraction of sp³-hybridized carbons (Fsp3) is 0.176. The third-order valence-electron chi connectivity index (χ3n) is 3.84. The smallest absolute Gasteiger partial charge is 0.405 e. The molecule has 0 aliphatic heterocycles. The third kappa shape index (κ3) is 5.87. The average molecular weight is 697 g/mol. The van der Waals surface area contributed by atoms with Crippen molar-refractivity contribution in [3.8, 4) is 5.75 Å². The lowest BCUT2D eigenvalue weighted by Crippen LogP contribution is -2.42. The van der Waals surface area contributed by atoms with Crippen LogP contribution in [-0.2, 0) is 14.9 Å². The van der Waals surface area contributed by atoms with Gasteiger partial charge in [-0.1, -0.05) is 0 Å². The van der Waals surface area contributed by atoms with Crippen molar-refractivity contribution >= 4 is 72.9 Å². The molecule has 0 aromatic heterocycles. The van der Waals surface area contributed by atoms with Crippen molar-refractivity contribution in [1.29, 1.82) is 0 Å². The number of alkyl halides is 2. The number of carbonyl (C=O) groups excluding carboxylic acids is 2. The van der Waals surface area contributed by atoms with Crippen LogP contribution in [0, 0.1) is 17.3 Å². The third-order valence-corrected chi connectivity index (χ3v) is 6.48. The number of ether oxygens (including phenoxy) is 2. The molecule has 172 valence electrons. The topological polar surface area (TPSA) is 150 Å². The predicted octanol–water partition coefficient (Wildman–Crippen LogP) is 4.05. The van der Waals surface area contributed by atoms with Crippen molar-refractivity contribution in [3.05, 3.63) is 64.8 Å². The number of nitro groups is 1. The van der Waals surface area contributed by atoms with Crippen LogP contribution in [-0.4, -0.2) is 41.2 Å². The van der Waals surface area contributed by atoms with Crippen LogP contribution >= 0.6 is 45.2 Å². The van der Waals surface area contributed by atoms with Crippen LogP contribution in [0.25, 0.3) is 0 Å². The number of nitro benzene ring substituents is 1. The van der Waals surface area contributed by atoms with E-state index in [9.17, 15) is 36.9 Å². The highest BCUT2D eigenvalue weighted by molar-refractivity contribution is 14.1. The normalized spacial score (nSPS) is 12.7. The van der Waals surface area contributed by atoms with Gasteiger partial charge < -0.3 is 9.47 Å². The average Bonchev–Trinajstić information content (AvgIpc) is 2.68. The maximum Gasteiger partial charge on any atom is 0.405 e. The summed E-state index contributed by atoms with van der Waals surface area (Å²) in [6.07, 6.45) is -2.69.